The van der Waals surface area contributed by atoms with Crippen molar-refractivity contribution in [2.45, 2.75) is 63.4 Å². The highest BCUT2D eigenvalue weighted by molar-refractivity contribution is 5.73. The molecular formula is C27H31F6NO3. The van der Waals surface area contributed by atoms with E-state index in [9.17, 15) is 31.4 Å². The van der Waals surface area contributed by atoms with Gasteiger partial charge in [0.1, 0.15) is 0 Å². The summed E-state index contributed by atoms with van der Waals surface area (Å²) < 4.78 is 71.8. The van der Waals surface area contributed by atoms with Gasteiger partial charge in [0.2, 0.25) is 0 Å². The van der Waals surface area contributed by atoms with Gasteiger partial charge in [-0.25, -0.2) is 4.79 Å². The van der Waals surface area contributed by atoms with Gasteiger partial charge in [0, 0.05) is 6.54 Å². The zero-order chi connectivity index (χ0) is 27.4. The number of hydrogen-bond acceptors (Lipinski definition) is 3. The minimum absolute atomic E-state index is 0.0364. The summed E-state index contributed by atoms with van der Waals surface area (Å²) in [6.07, 6.45) is -5.51. The Morgan fingerprint density at radius 1 is 0.946 bits per heavy atom. The van der Waals surface area contributed by atoms with Crippen LogP contribution in [-0.4, -0.2) is 46.9 Å². The number of rotatable bonds is 3. The molecule has 0 aromatic heterocycles. The highest BCUT2D eigenvalue weighted by atomic mass is 19.4. The van der Waals surface area contributed by atoms with E-state index >= 15 is 0 Å². The van der Waals surface area contributed by atoms with Crippen molar-refractivity contribution in [2.24, 2.45) is 5.92 Å². The first-order valence-corrected chi connectivity index (χ1v) is 12.2. The Labute approximate surface area is 211 Å². The first-order chi connectivity index (χ1) is 17.3. The molecule has 2 unspecified atom stereocenters. The topological polar surface area (TPSA) is 60.8 Å². The van der Waals surface area contributed by atoms with Crippen molar-refractivity contribution in [3.8, 4) is 0 Å². The molecule has 10 heteroatoms. The monoisotopic (exact) mass is 531 g/mol. The lowest BCUT2D eigenvalue weighted by molar-refractivity contribution is -0.192. The molecule has 1 heterocycles. The predicted molar refractivity (Wildman–Crippen MR) is 126 cm³/mol. The summed E-state index contributed by atoms with van der Waals surface area (Å²) in [5.74, 6) is -2.39. The molecule has 0 spiro atoms. The van der Waals surface area contributed by atoms with Gasteiger partial charge in [-0.2, -0.15) is 26.3 Å². The summed E-state index contributed by atoms with van der Waals surface area (Å²) in [4.78, 5) is 11.3. The summed E-state index contributed by atoms with van der Waals surface area (Å²) in [5.41, 5.74) is 3.57. The van der Waals surface area contributed by atoms with Crippen LogP contribution in [0.2, 0.25) is 0 Å². The van der Waals surface area contributed by atoms with Crippen molar-refractivity contribution in [2.75, 3.05) is 19.6 Å². The number of aryl methyl sites for hydroxylation is 1. The first kappa shape index (κ1) is 29.0. The third kappa shape index (κ3) is 7.70. The van der Waals surface area contributed by atoms with Crippen LogP contribution in [0.25, 0.3) is 0 Å². The number of hydrogen-bond donors (Lipinski definition) is 2. The van der Waals surface area contributed by atoms with Crippen LogP contribution >= 0.6 is 0 Å². The number of halogens is 6. The molecule has 1 saturated heterocycles. The molecule has 0 bridgehead atoms. The average molecular weight is 532 g/mol. The lowest BCUT2D eigenvalue weighted by Gasteiger charge is -2.35. The van der Waals surface area contributed by atoms with E-state index in [0.29, 0.717) is 11.5 Å². The molecule has 0 amide bonds. The summed E-state index contributed by atoms with van der Waals surface area (Å²) in [7, 11) is 0. The number of likely N-dealkylation sites (tertiary alicyclic amines) is 1. The number of fused-ring (bicyclic) bond motifs is 1. The summed E-state index contributed by atoms with van der Waals surface area (Å²) in [6, 6.07) is 12.2. The van der Waals surface area contributed by atoms with Crippen LogP contribution in [0.3, 0.4) is 0 Å². The van der Waals surface area contributed by atoms with Crippen LogP contribution in [0.4, 0.5) is 26.3 Å². The van der Waals surface area contributed by atoms with E-state index in [1.54, 1.807) is 12.1 Å². The Kier molecular flexibility index (Phi) is 9.28. The Balaban J connectivity index is 0.000000479. The minimum atomic E-state index is -5.08. The molecule has 2 atom stereocenters. The predicted octanol–water partition coefficient (Wildman–Crippen LogP) is 6.51. The standard InChI is InChI=1S/C25H30F3NO.C2HF3O2/c1-17-5-4-7-22-20(17)10-9-18(15-24(22)30)16-29-13-11-19(12-14-29)21-6-2-3-8-23(21)25(26,27)28;3-2(4,5)1(6)7/h2-8,18-19,24,30H,9-16H2,1H3;(H,6,7). The van der Waals surface area contributed by atoms with Crippen LogP contribution in [0.5, 0.6) is 0 Å². The number of aliphatic hydroxyl groups excluding tert-OH is 1. The number of benzene rings is 2. The number of piperidine rings is 1. The maximum absolute atomic E-state index is 13.4. The second-order valence-electron chi connectivity index (χ2n) is 9.76. The molecule has 4 nitrogen and oxygen atoms in total. The molecule has 204 valence electrons. The molecule has 4 rings (SSSR count). The van der Waals surface area contributed by atoms with Gasteiger partial charge in [-0.1, -0.05) is 36.4 Å². The Bertz CT molecular complexity index is 1060. The first-order valence-electron chi connectivity index (χ1n) is 12.2. The zero-order valence-corrected chi connectivity index (χ0v) is 20.4. The SMILES string of the molecule is Cc1cccc2c1CCC(CN1CCC(c3ccccc3C(F)(F)F)CC1)CC2O.O=C(O)C(F)(F)F. The zero-order valence-electron chi connectivity index (χ0n) is 20.4. The molecule has 2 aromatic rings. The lowest BCUT2D eigenvalue weighted by atomic mass is 9.85. The van der Waals surface area contributed by atoms with Gasteiger partial charge in [0.05, 0.1) is 11.7 Å². The van der Waals surface area contributed by atoms with Crippen molar-refractivity contribution in [3.05, 3.63) is 70.3 Å². The summed E-state index contributed by atoms with van der Waals surface area (Å²) in [5, 5.41) is 17.9. The third-order valence-electron chi connectivity index (χ3n) is 7.22. The number of aliphatic carboxylic acids is 1. The van der Waals surface area contributed by atoms with E-state index in [2.05, 4.69) is 17.9 Å². The highest BCUT2D eigenvalue weighted by Gasteiger charge is 2.38. The molecular weight excluding hydrogens is 500 g/mol. The minimum Gasteiger partial charge on any atom is -0.475 e. The molecule has 1 aliphatic heterocycles. The maximum atomic E-state index is 13.4. The van der Waals surface area contributed by atoms with Crippen LogP contribution < -0.4 is 0 Å². The van der Waals surface area contributed by atoms with Crippen molar-refractivity contribution in [1.82, 2.24) is 4.90 Å². The number of carboxylic acid groups (broad SMARTS) is 1. The van der Waals surface area contributed by atoms with Gasteiger partial charge in [-0.3, -0.25) is 0 Å². The molecule has 1 fully saturated rings. The van der Waals surface area contributed by atoms with Crippen molar-refractivity contribution in [1.29, 1.82) is 0 Å². The second kappa shape index (κ2) is 11.9. The van der Waals surface area contributed by atoms with Gasteiger partial charge >= 0.3 is 18.3 Å². The Morgan fingerprint density at radius 3 is 2.14 bits per heavy atom. The van der Waals surface area contributed by atoms with E-state index in [1.165, 1.54) is 23.3 Å². The van der Waals surface area contributed by atoms with Crippen LogP contribution in [0.15, 0.2) is 42.5 Å². The van der Waals surface area contributed by atoms with Crippen LogP contribution in [0, 0.1) is 12.8 Å². The fraction of sp³-hybridized carbons (Fsp3) is 0.519. The second-order valence-corrected chi connectivity index (χ2v) is 9.76. The molecule has 37 heavy (non-hydrogen) atoms. The Hall–Kier alpha value is -2.59. The van der Waals surface area contributed by atoms with Crippen molar-refractivity contribution >= 4 is 5.97 Å². The molecule has 0 saturated carbocycles. The largest absolute Gasteiger partial charge is 0.490 e. The normalized spacial score (nSPS) is 21.4. The molecule has 2 aromatic carbocycles. The fourth-order valence-electron chi connectivity index (χ4n) is 5.36. The van der Waals surface area contributed by atoms with Gasteiger partial charge < -0.3 is 15.1 Å². The number of carbonyl (C=O) groups is 1. The molecule has 1 aliphatic carbocycles. The van der Waals surface area contributed by atoms with Gasteiger partial charge in [-0.05, 0) is 92.3 Å². The van der Waals surface area contributed by atoms with E-state index in [1.807, 2.05) is 12.1 Å². The van der Waals surface area contributed by atoms with Gasteiger partial charge in [0.15, 0.2) is 0 Å². The van der Waals surface area contributed by atoms with Crippen LogP contribution in [-0.2, 0) is 17.4 Å². The van der Waals surface area contributed by atoms with Crippen molar-refractivity contribution in [3.63, 3.8) is 0 Å². The Morgan fingerprint density at radius 2 is 1.54 bits per heavy atom. The molecule has 0 radical (unpaired) electrons. The maximum Gasteiger partial charge on any atom is 0.490 e. The van der Waals surface area contributed by atoms with E-state index in [0.717, 1.165) is 57.3 Å². The van der Waals surface area contributed by atoms with Gasteiger partial charge in [-0.15, -0.1) is 0 Å². The average Bonchev–Trinajstić information content (AvgIpc) is 2.98. The third-order valence-corrected chi connectivity index (χ3v) is 7.22. The van der Waals surface area contributed by atoms with E-state index < -0.39 is 30.0 Å². The smallest absolute Gasteiger partial charge is 0.475 e. The van der Waals surface area contributed by atoms with Gasteiger partial charge in [0.25, 0.3) is 0 Å². The number of carboxylic acids is 1. The lowest BCUT2D eigenvalue weighted by Crippen LogP contribution is -2.37. The number of nitrogens with zero attached hydrogens (tertiary/aromatic N) is 1. The van der Waals surface area contributed by atoms with Crippen molar-refractivity contribution < 1.29 is 41.4 Å². The molecule has 2 N–H and O–H groups in total. The summed E-state index contributed by atoms with van der Waals surface area (Å²) in [6.45, 7) is 4.65. The fourth-order valence-corrected chi connectivity index (χ4v) is 5.36. The highest BCUT2D eigenvalue weighted by Crippen LogP contribution is 2.39. The molecule has 2 aliphatic rings. The summed E-state index contributed by atoms with van der Waals surface area (Å²) >= 11 is 0. The van der Waals surface area contributed by atoms with E-state index in [-0.39, 0.29) is 5.92 Å². The number of alkyl halides is 6. The van der Waals surface area contributed by atoms with E-state index in [4.69, 9.17) is 9.90 Å². The number of aliphatic hydroxyl groups is 1. The van der Waals surface area contributed by atoms with Crippen LogP contribution in [0.1, 0.15) is 65.5 Å². The quantitative estimate of drug-likeness (QED) is 0.350.